The van der Waals surface area contributed by atoms with Gasteiger partial charge in [-0.3, -0.25) is 19.2 Å². The number of fused-ring (bicyclic) bond motifs is 3. The van der Waals surface area contributed by atoms with Gasteiger partial charge in [-0.1, -0.05) is 78.0 Å². The number of aliphatic hydroxyl groups excluding tert-OH is 6. The molecule has 2 saturated heterocycles. The predicted molar refractivity (Wildman–Crippen MR) is 278 cm³/mol. The molecule has 2 bridgehead atoms. The molecule has 7 N–H and O–H groups in total. The maximum absolute atomic E-state index is 14.5. The van der Waals surface area contributed by atoms with Crippen molar-refractivity contribution in [1.29, 1.82) is 0 Å². The van der Waals surface area contributed by atoms with E-state index < -0.39 is 121 Å². The van der Waals surface area contributed by atoms with Crippen LogP contribution >= 0.6 is 0 Å². The summed E-state index contributed by atoms with van der Waals surface area (Å²) in [6.07, 6.45) is 2.33. The zero-order valence-corrected chi connectivity index (χ0v) is 46.1. The summed E-state index contributed by atoms with van der Waals surface area (Å²) in [6.45, 7) is 13.4. The summed E-state index contributed by atoms with van der Waals surface area (Å²) in [7, 11) is 2.89. The van der Waals surface area contributed by atoms with Gasteiger partial charge in [0.25, 0.3) is 11.7 Å². The lowest BCUT2D eigenvalue weighted by molar-refractivity contribution is -0.266. The molecule has 0 spiro atoms. The van der Waals surface area contributed by atoms with Crippen molar-refractivity contribution in [3.63, 3.8) is 0 Å². The van der Waals surface area contributed by atoms with Crippen molar-refractivity contribution in [2.24, 2.45) is 35.5 Å². The molecule has 1 aliphatic carbocycles. The van der Waals surface area contributed by atoms with Crippen molar-refractivity contribution in [2.45, 2.75) is 218 Å². The number of Topliss-reactive ketones (excluding diaryl/α,β-unsaturated/α-hetero) is 3. The highest BCUT2D eigenvalue weighted by Gasteiger charge is 2.53. The average Bonchev–Trinajstić information content (AvgIpc) is 3.39. The van der Waals surface area contributed by atoms with E-state index in [4.69, 9.17) is 23.7 Å². The number of cyclic esters (lactones) is 1. The van der Waals surface area contributed by atoms with Gasteiger partial charge in [-0.2, -0.15) is 0 Å². The molecule has 3 heterocycles. The Morgan fingerprint density at radius 3 is 2.19 bits per heavy atom. The van der Waals surface area contributed by atoms with Crippen molar-refractivity contribution in [3.05, 3.63) is 47.6 Å². The van der Waals surface area contributed by atoms with Crippen molar-refractivity contribution in [3.8, 4) is 0 Å². The number of esters is 1. The molecule has 18 nitrogen and oxygen atoms in total. The Labute approximate surface area is 444 Å². The maximum Gasteiger partial charge on any atom is 0.329 e. The van der Waals surface area contributed by atoms with E-state index in [1.807, 2.05) is 26.0 Å². The van der Waals surface area contributed by atoms with Gasteiger partial charge in [0.05, 0.1) is 37.1 Å². The molecule has 1 saturated carbocycles. The predicted octanol–water partition coefficient (Wildman–Crippen LogP) is 4.40. The first-order valence-electron chi connectivity index (χ1n) is 27.4. The number of carbonyl (C=O) groups excluding carboxylic acids is 5. The molecule has 4 rings (SSSR count). The normalized spacial score (nSPS) is 38.4. The van der Waals surface area contributed by atoms with Gasteiger partial charge in [-0.15, -0.1) is 0 Å². The van der Waals surface area contributed by atoms with Gasteiger partial charge in [-0.05, 0) is 113 Å². The number of rotatable bonds is 12. The molecule has 3 fully saturated rings. The van der Waals surface area contributed by atoms with Gasteiger partial charge in [-0.25, -0.2) is 4.79 Å². The van der Waals surface area contributed by atoms with E-state index in [1.54, 1.807) is 73.0 Å². The van der Waals surface area contributed by atoms with Gasteiger partial charge >= 0.3 is 5.97 Å². The molecule has 0 radical (unpaired) electrons. The fourth-order valence-corrected chi connectivity index (χ4v) is 11.0. The SMILES string of the molecule is CCC(O)C(O)C(O)C(O)COC1C[C@@H]2CC[C@@H](C)[C@@](O)(O2)C(=O)C(=O)N2CCCC[C@H]2C(=O)O[C@H]([C@H](C)C[C@@H]2CC[C@@H](O)[C@H](OC)C2)CC(=O)[C@H](C)/C=C(\C)[C@@H](O)[C@@H](OC)C(=O)[C@H](C)C[C@H](C)/C=C/C=C/C=C/1C. The number of amides is 1. The number of ether oxygens (including phenoxy) is 5. The molecule has 1 amide bonds. The molecular weight excluding hydrogens is 971 g/mol. The Bertz CT molecular complexity index is 2000. The van der Waals surface area contributed by atoms with Crippen LogP contribution in [0.3, 0.4) is 0 Å². The largest absolute Gasteiger partial charge is 0.460 e. The summed E-state index contributed by atoms with van der Waals surface area (Å²) < 4.78 is 29.8. The van der Waals surface area contributed by atoms with Gasteiger partial charge in [0.15, 0.2) is 5.78 Å². The third-order valence-corrected chi connectivity index (χ3v) is 16.2. The van der Waals surface area contributed by atoms with Crippen molar-refractivity contribution < 1.29 is 83.4 Å². The van der Waals surface area contributed by atoms with Crippen LogP contribution in [0.2, 0.25) is 0 Å². The number of methoxy groups -OCH3 is 2. The standard InChI is InChI=1S/C57H91NO17/c1-11-42(59)51(65)52(66)45(62)31-73-46-29-40-22-20-38(8)57(70,75-40)54(67)55(68)58-24-16-15-19-41(58)56(69)74-47(35(5)27-39-21-23-43(60)48(28-39)71-9)30-44(61)34(4)26-37(7)50(64)53(72-10)49(63)36(6)25-32(2)17-13-12-14-18-33(46)3/h12-14,17-18,26,32,34-36,38-43,45-48,50-53,59-60,62,64-66,70H,11,15-16,19-25,27-31H2,1-10H3/b14-12+,17-13+,33-18+,37-26+/t32-,34-,35-,36-,38-,39+,40+,41+,42?,43-,45?,46?,47+,48-,50-,51?,52?,53+,57-/m1/s1. The van der Waals surface area contributed by atoms with Crippen LogP contribution in [-0.2, 0) is 47.7 Å². The van der Waals surface area contributed by atoms with E-state index in [-0.39, 0.29) is 68.2 Å². The minimum absolute atomic E-state index is 0.00699. The lowest BCUT2D eigenvalue weighted by Crippen LogP contribution is -2.61. The molecule has 18 heteroatoms. The van der Waals surface area contributed by atoms with E-state index in [0.29, 0.717) is 62.5 Å². The second-order valence-corrected chi connectivity index (χ2v) is 22.2. The van der Waals surface area contributed by atoms with Crippen molar-refractivity contribution in [2.75, 3.05) is 27.4 Å². The van der Waals surface area contributed by atoms with Crippen LogP contribution in [0.5, 0.6) is 0 Å². The zero-order valence-electron chi connectivity index (χ0n) is 46.1. The Hall–Kier alpha value is -3.53. The fourth-order valence-electron chi connectivity index (χ4n) is 11.0. The maximum atomic E-state index is 14.5. The minimum Gasteiger partial charge on any atom is -0.460 e. The number of hydrogen-bond donors (Lipinski definition) is 7. The molecule has 0 aromatic carbocycles. The van der Waals surface area contributed by atoms with E-state index in [2.05, 4.69) is 0 Å². The quantitative estimate of drug-likeness (QED) is 0.0810. The first kappa shape index (κ1) is 64.0. The van der Waals surface area contributed by atoms with Crippen LogP contribution in [0, 0.1) is 35.5 Å². The van der Waals surface area contributed by atoms with Gasteiger partial charge < -0.3 is 64.3 Å². The van der Waals surface area contributed by atoms with E-state index in [9.17, 15) is 59.7 Å². The number of allylic oxidation sites excluding steroid dienone is 6. The zero-order chi connectivity index (χ0) is 55.9. The van der Waals surface area contributed by atoms with Crippen LogP contribution < -0.4 is 0 Å². The second kappa shape index (κ2) is 30.0. The molecule has 5 unspecified atom stereocenters. The Balaban J connectivity index is 1.73. The Morgan fingerprint density at radius 2 is 1.52 bits per heavy atom. The van der Waals surface area contributed by atoms with Gasteiger partial charge in [0, 0.05) is 51.4 Å². The van der Waals surface area contributed by atoms with Crippen LogP contribution in [0.25, 0.3) is 0 Å². The molecule has 3 aliphatic heterocycles. The van der Waals surface area contributed by atoms with Crippen LogP contribution in [0.15, 0.2) is 47.6 Å². The highest BCUT2D eigenvalue weighted by molar-refractivity contribution is 6.39. The summed E-state index contributed by atoms with van der Waals surface area (Å²) in [6, 6.07) is -1.23. The highest BCUT2D eigenvalue weighted by atomic mass is 16.6. The summed E-state index contributed by atoms with van der Waals surface area (Å²) in [5, 5.41) is 76.2. The van der Waals surface area contributed by atoms with E-state index in [0.717, 1.165) is 4.90 Å². The molecule has 0 aromatic rings. The fraction of sp³-hybridized carbons (Fsp3) is 0.772. The van der Waals surface area contributed by atoms with Crippen molar-refractivity contribution >= 4 is 29.2 Å². The summed E-state index contributed by atoms with van der Waals surface area (Å²) in [4.78, 5) is 72.6. The van der Waals surface area contributed by atoms with Crippen LogP contribution in [-0.4, -0.2) is 176 Å². The number of hydrogen-bond acceptors (Lipinski definition) is 17. The number of carbonyl (C=O) groups is 5. The Kier molecular flexibility index (Phi) is 25.6. The Morgan fingerprint density at radius 1 is 0.827 bits per heavy atom. The van der Waals surface area contributed by atoms with Crippen molar-refractivity contribution in [1.82, 2.24) is 4.90 Å². The second-order valence-electron chi connectivity index (χ2n) is 22.2. The molecule has 4 aliphatic rings. The van der Waals surface area contributed by atoms with E-state index in [1.165, 1.54) is 7.11 Å². The minimum atomic E-state index is -2.61. The third-order valence-electron chi connectivity index (χ3n) is 16.2. The summed E-state index contributed by atoms with van der Waals surface area (Å²) in [5.74, 6) is -8.98. The van der Waals surface area contributed by atoms with Crippen LogP contribution in [0.4, 0.5) is 0 Å². The topological polar surface area (TPSA) is 276 Å². The summed E-state index contributed by atoms with van der Waals surface area (Å²) in [5.41, 5.74) is 0.961. The molecular formula is C57H91NO17. The first-order chi connectivity index (χ1) is 35.4. The first-order valence-corrected chi connectivity index (χ1v) is 27.4. The van der Waals surface area contributed by atoms with Gasteiger partial charge in [0.1, 0.15) is 48.4 Å². The molecule has 0 aromatic heterocycles. The number of aliphatic hydroxyl groups is 7. The number of piperidine rings is 1. The molecule has 19 atom stereocenters. The summed E-state index contributed by atoms with van der Waals surface area (Å²) >= 11 is 0. The smallest absolute Gasteiger partial charge is 0.329 e. The highest BCUT2D eigenvalue weighted by Crippen LogP contribution is 2.38. The molecule has 426 valence electrons. The monoisotopic (exact) mass is 1060 g/mol. The average molecular weight is 1060 g/mol. The molecule has 75 heavy (non-hydrogen) atoms. The number of ketones is 3. The number of nitrogens with zero attached hydrogens (tertiary/aromatic N) is 1. The van der Waals surface area contributed by atoms with E-state index >= 15 is 0 Å². The lowest BCUT2D eigenvalue weighted by Gasteiger charge is -2.43. The van der Waals surface area contributed by atoms with Gasteiger partial charge in [0.2, 0.25) is 5.79 Å². The third kappa shape index (κ3) is 17.5. The van der Waals surface area contributed by atoms with Crippen LogP contribution in [0.1, 0.15) is 139 Å². The lowest BCUT2D eigenvalue weighted by atomic mass is 9.78.